The van der Waals surface area contributed by atoms with Gasteiger partial charge in [0.1, 0.15) is 5.75 Å². The zero-order valence-corrected chi connectivity index (χ0v) is 12.2. The molecule has 0 aliphatic carbocycles. The van der Waals surface area contributed by atoms with E-state index in [2.05, 4.69) is 5.32 Å². The Hall–Kier alpha value is -2.04. The number of nitrogens with one attached hydrogen (secondary N) is 1. The molecule has 0 saturated carbocycles. The number of anilines is 1. The van der Waals surface area contributed by atoms with Gasteiger partial charge in [-0.1, -0.05) is 27.7 Å². The fourth-order valence-corrected chi connectivity index (χ4v) is 1.55. The summed E-state index contributed by atoms with van der Waals surface area (Å²) in [4.78, 5) is 22.8. The molecule has 0 heterocycles. The number of phenols is 1. The molecule has 0 fully saturated rings. The van der Waals surface area contributed by atoms with Crippen molar-refractivity contribution in [3.63, 3.8) is 0 Å². The molecule has 1 aromatic carbocycles. The van der Waals surface area contributed by atoms with Crippen LogP contribution in [0.5, 0.6) is 5.75 Å². The van der Waals surface area contributed by atoms with E-state index in [-0.39, 0.29) is 34.2 Å². The van der Waals surface area contributed by atoms with Gasteiger partial charge in [-0.25, -0.2) is 4.79 Å². The summed E-state index contributed by atoms with van der Waals surface area (Å²) in [7, 11) is 0. The van der Waals surface area contributed by atoms with Crippen molar-refractivity contribution < 1.29 is 19.8 Å². The van der Waals surface area contributed by atoms with Crippen LogP contribution in [0, 0.1) is 11.3 Å². The van der Waals surface area contributed by atoms with Gasteiger partial charge in [-0.3, -0.25) is 4.79 Å². The number of aromatic hydroxyl groups is 1. The highest BCUT2D eigenvalue weighted by Gasteiger charge is 2.23. The minimum absolute atomic E-state index is 0.00228. The Morgan fingerprint density at radius 1 is 1.30 bits per heavy atom. The van der Waals surface area contributed by atoms with E-state index in [1.807, 2.05) is 27.7 Å². The van der Waals surface area contributed by atoms with Gasteiger partial charge in [-0.2, -0.15) is 0 Å². The summed E-state index contributed by atoms with van der Waals surface area (Å²) in [6, 6.07) is 3.79. The molecule has 0 bridgehead atoms. The van der Waals surface area contributed by atoms with E-state index in [1.165, 1.54) is 18.2 Å². The summed E-state index contributed by atoms with van der Waals surface area (Å²) >= 11 is 0. The molecule has 110 valence electrons. The highest BCUT2D eigenvalue weighted by molar-refractivity contribution is 5.95. The van der Waals surface area contributed by atoms with Gasteiger partial charge in [0.25, 0.3) is 0 Å². The van der Waals surface area contributed by atoms with Crippen molar-refractivity contribution in [2.75, 3.05) is 5.32 Å². The van der Waals surface area contributed by atoms with Crippen LogP contribution in [0.15, 0.2) is 18.2 Å². The third-order valence-corrected chi connectivity index (χ3v) is 3.49. The van der Waals surface area contributed by atoms with Gasteiger partial charge in [0.15, 0.2) is 0 Å². The van der Waals surface area contributed by atoms with Crippen LogP contribution < -0.4 is 5.32 Å². The van der Waals surface area contributed by atoms with E-state index in [1.54, 1.807) is 0 Å². The number of rotatable bonds is 4. The molecule has 0 spiro atoms. The van der Waals surface area contributed by atoms with Crippen molar-refractivity contribution in [2.24, 2.45) is 11.3 Å². The van der Waals surface area contributed by atoms with Crippen LogP contribution in [0.3, 0.4) is 0 Å². The molecule has 0 aliphatic rings. The summed E-state index contributed by atoms with van der Waals surface area (Å²) in [5.74, 6) is -1.34. The quantitative estimate of drug-likeness (QED) is 0.739. The lowest BCUT2D eigenvalue weighted by atomic mass is 9.80. The van der Waals surface area contributed by atoms with Crippen LogP contribution in [-0.2, 0) is 4.79 Å². The molecular weight excluding hydrogens is 258 g/mol. The molecule has 1 aromatic rings. The highest BCUT2D eigenvalue weighted by atomic mass is 16.4. The van der Waals surface area contributed by atoms with Gasteiger partial charge in [-0.05, 0) is 29.5 Å². The van der Waals surface area contributed by atoms with E-state index in [0.717, 1.165) is 0 Å². The van der Waals surface area contributed by atoms with Crippen molar-refractivity contribution in [1.29, 1.82) is 0 Å². The number of hydrogen-bond acceptors (Lipinski definition) is 3. The summed E-state index contributed by atoms with van der Waals surface area (Å²) in [5.41, 5.74) is 0.139. The lowest BCUT2D eigenvalue weighted by Gasteiger charge is -2.26. The van der Waals surface area contributed by atoms with Crippen molar-refractivity contribution in [3.05, 3.63) is 23.8 Å². The Balaban J connectivity index is 2.80. The molecule has 0 aliphatic heterocycles. The van der Waals surface area contributed by atoms with Crippen LogP contribution in [0.25, 0.3) is 0 Å². The number of carbonyl (C=O) groups excluding carboxylic acids is 1. The Morgan fingerprint density at radius 2 is 1.90 bits per heavy atom. The SMILES string of the molecule is CC(CC(=O)Nc1cc(C(=O)O)ccc1O)C(C)(C)C. The second-order valence-corrected chi connectivity index (χ2v) is 6.06. The van der Waals surface area contributed by atoms with E-state index in [9.17, 15) is 14.7 Å². The maximum absolute atomic E-state index is 11.9. The minimum atomic E-state index is -1.11. The molecule has 0 radical (unpaired) electrons. The maximum atomic E-state index is 11.9. The van der Waals surface area contributed by atoms with Crippen molar-refractivity contribution in [1.82, 2.24) is 0 Å². The molecule has 0 saturated heterocycles. The van der Waals surface area contributed by atoms with Gasteiger partial charge >= 0.3 is 5.97 Å². The number of carboxylic acid groups (broad SMARTS) is 1. The summed E-state index contributed by atoms with van der Waals surface area (Å²) in [6.07, 6.45) is 0.306. The molecule has 0 aromatic heterocycles. The predicted octanol–water partition coefficient (Wildman–Crippen LogP) is 3.10. The van der Waals surface area contributed by atoms with Crippen LogP contribution >= 0.6 is 0 Å². The predicted molar refractivity (Wildman–Crippen MR) is 76.9 cm³/mol. The maximum Gasteiger partial charge on any atom is 0.335 e. The number of amides is 1. The van der Waals surface area contributed by atoms with Gasteiger partial charge < -0.3 is 15.5 Å². The average molecular weight is 279 g/mol. The average Bonchev–Trinajstić information content (AvgIpc) is 2.30. The molecule has 1 amide bonds. The van der Waals surface area contributed by atoms with Crippen LogP contribution in [0.4, 0.5) is 5.69 Å². The minimum Gasteiger partial charge on any atom is -0.506 e. The zero-order valence-electron chi connectivity index (χ0n) is 12.2. The molecule has 5 nitrogen and oxygen atoms in total. The lowest BCUT2D eigenvalue weighted by Crippen LogP contribution is -2.24. The van der Waals surface area contributed by atoms with Crippen molar-refractivity contribution in [2.45, 2.75) is 34.1 Å². The Bertz CT molecular complexity index is 517. The second-order valence-electron chi connectivity index (χ2n) is 6.06. The number of carboxylic acids is 1. The smallest absolute Gasteiger partial charge is 0.335 e. The van der Waals surface area contributed by atoms with Gasteiger partial charge in [0, 0.05) is 6.42 Å². The first kappa shape index (κ1) is 16.0. The van der Waals surface area contributed by atoms with Crippen LogP contribution in [0.2, 0.25) is 0 Å². The third kappa shape index (κ3) is 4.26. The first-order valence-corrected chi connectivity index (χ1v) is 6.47. The number of phenolic OH excluding ortho intramolecular Hbond substituents is 1. The fourth-order valence-electron chi connectivity index (χ4n) is 1.55. The number of hydrogen-bond donors (Lipinski definition) is 3. The summed E-state index contributed by atoms with van der Waals surface area (Å²) < 4.78 is 0. The number of benzene rings is 1. The zero-order chi connectivity index (χ0) is 15.5. The summed E-state index contributed by atoms with van der Waals surface area (Å²) in [5, 5.41) is 21.1. The second kappa shape index (κ2) is 5.94. The fraction of sp³-hybridized carbons (Fsp3) is 0.467. The Kier molecular flexibility index (Phi) is 4.76. The summed E-state index contributed by atoms with van der Waals surface area (Å²) in [6.45, 7) is 8.13. The van der Waals surface area contributed by atoms with Crippen LogP contribution in [0.1, 0.15) is 44.5 Å². The first-order chi connectivity index (χ1) is 9.11. The molecule has 5 heteroatoms. The standard InChI is InChI=1S/C15H21NO4/c1-9(15(2,3)4)7-13(18)16-11-8-10(14(19)20)5-6-12(11)17/h5-6,8-9,17H,7H2,1-4H3,(H,16,18)(H,19,20). The van der Waals surface area contributed by atoms with Crippen molar-refractivity contribution in [3.8, 4) is 5.75 Å². The molecule has 1 unspecified atom stereocenters. The third-order valence-electron chi connectivity index (χ3n) is 3.49. The van der Waals surface area contributed by atoms with Gasteiger partial charge in [0.05, 0.1) is 11.3 Å². The normalized spacial score (nSPS) is 12.8. The number of carbonyl (C=O) groups is 2. The van der Waals surface area contributed by atoms with Gasteiger partial charge in [0.2, 0.25) is 5.91 Å². The van der Waals surface area contributed by atoms with E-state index in [0.29, 0.717) is 6.42 Å². The topological polar surface area (TPSA) is 86.6 Å². The monoisotopic (exact) mass is 279 g/mol. The van der Waals surface area contributed by atoms with E-state index < -0.39 is 5.97 Å². The molecule has 20 heavy (non-hydrogen) atoms. The van der Waals surface area contributed by atoms with E-state index >= 15 is 0 Å². The van der Waals surface area contributed by atoms with Crippen LogP contribution in [-0.4, -0.2) is 22.1 Å². The molecule has 1 atom stereocenters. The molecule has 3 N–H and O–H groups in total. The highest BCUT2D eigenvalue weighted by Crippen LogP contribution is 2.29. The first-order valence-electron chi connectivity index (χ1n) is 6.47. The molecular formula is C15H21NO4. The molecule has 1 rings (SSSR count). The number of aromatic carboxylic acids is 1. The lowest BCUT2D eigenvalue weighted by molar-refractivity contribution is -0.117. The van der Waals surface area contributed by atoms with E-state index in [4.69, 9.17) is 5.11 Å². The largest absolute Gasteiger partial charge is 0.506 e. The Labute approximate surface area is 118 Å². The van der Waals surface area contributed by atoms with Gasteiger partial charge in [-0.15, -0.1) is 0 Å². The van der Waals surface area contributed by atoms with Crippen molar-refractivity contribution >= 4 is 17.6 Å². The Morgan fingerprint density at radius 3 is 2.40 bits per heavy atom.